The van der Waals surface area contributed by atoms with Gasteiger partial charge < -0.3 is 4.74 Å². The van der Waals surface area contributed by atoms with Crippen molar-refractivity contribution in [1.82, 2.24) is 4.90 Å². The Bertz CT molecular complexity index is 438. The SMILES string of the molecule is O=S(=O)(CCN1CCOCC1)c1cc[c]cc1. The molecule has 1 heterocycles. The molecule has 0 unspecified atom stereocenters. The van der Waals surface area contributed by atoms with Gasteiger partial charge in [-0.15, -0.1) is 0 Å². The molecule has 0 saturated carbocycles. The van der Waals surface area contributed by atoms with Crippen LogP contribution in [-0.4, -0.2) is 51.9 Å². The topological polar surface area (TPSA) is 46.6 Å². The number of benzene rings is 1. The summed E-state index contributed by atoms with van der Waals surface area (Å²) < 4.78 is 29.2. The van der Waals surface area contributed by atoms with Gasteiger partial charge in [0.05, 0.1) is 23.9 Å². The second-order valence-corrected chi connectivity index (χ2v) is 6.12. The van der Waals surface area contributed by atoms with E-state index in [1.165, 1.54) is 0 Å². The highest BCUT2D eigenvalue weighted by Gasteiger charge is 2.17. The Kier molecular flexibility index (Phi) is 4.15. The zero-order valence-electron chi connectivity index (χ0n) is 9.63. The number of hydrogen-bond acceptors (Lipinski definition) is 4. The van der Waals surface area contributed by atoms with Crippen LogP contribution >= 0.6 is 0 Å². The quantitative estimate of drug-likeness (QED) is 0.789. The first-order valence-electron chi connectivity index (χ1n) is 5.67. The molecule has 0 atom stereocenters. The molecule has 1 aliphatic heterocycles. The van der Waals surface area contributed by atoms with Crippen molar-refractivity contribution >= 4 is 9.84 Å². The van der Waals surface area contributed by atoms with E-state index in [1.807, 2.05) is 0 Å². The lowest BCUT2D eigenvalue weighted by molar-refractivity contribution is 0.0408. The molecule has 4 nitrogen and oxygen atoms in total. The van der Waals surface area contributed by atoms with Crippen molar-refractivity contribution in [3.05, 3.63) is 30.3 Å². The van der Waals surface area contributed by atoms with Crippen LogP contribution in [-0.2, 0) is 14.6 Å². The molecule has 93 valence electrons. The Morgan fingerprint density at radius 1 is 1.24 bits per heavy atom. The van der Waals surface area contributed by atoms with Crippen molar-refractivity contribution < 1.29 is 13.2 Å². The molecule has 1 aromatic rings. The van der Waals surface area contributed by atoms with Crippen molar-refractivity contribution in [3.8, 4) is 0 Å². The molecule has 5 heteroatoms. The van der Waals surface area contributed by atoms with Gasteiger partial charge in [0.15, 0.2) is 9.84 Å². The number of sulfone groups is 1. The lowest BCUT2D eigenvalue weighted by Gasteiger charge is -2.26. The second kappa shape index (κ2) is 5.62. The van der Waals surface area contributed by atoms with Gasteiger partial charge in [-0.05, 0) is 18.2 Å². The van der Waals surface area contributed by atoms with Crippen LogP contribution < -0.4 is 0 Å². The highest BCUT2D eigenvalue weighted by atomic mass is 32.2. The summed E-state index contributed by atoms with van der Waals surface area (Å²) in [6, 6.07) is 9.26. The molecule has 1 aliphatic rings. The summed E-state index contributed by atoms with van der Waals surface area (Å²) in [4.78, 5) is 2.50. The van der Waals surface area contributed by atoms with Crippen molar-refractivity contribution in [3.63, 3.8) is 0 Å². The van der Waals surface area contributed by atoms with Gasteiger partial charge >= 0.3 is 0 Å². The lowest BCUT2D eigenvalue weighted by atomic mass is 10.4. The molecule has 1 saturated heterocycles. The summed E-state index contributed by atoms with van der Waals surface area (Å²) in [5.74, 6) is 0.164. The Hall–Kier alpha value is -0.910. The zero-order chi connectivity index (χ0) is 12.1. The molecule has 1 fully saturated rings. The van der Waals surface area contributed by atoms with Crippen molar-refractivity contribution in [2.24, 2.45) is 0 Å². The summed E-state index contributed by atoms with van der Waals surface area (Å²) in [7, 11) is -3.16. The first-order chi connectivity index (χ1) is 8.18. The minimum atomic E-state index is -3.16. The van der Waals surface area contributed by atoms with E-state index in [9.17, 15) is 8.42 Å². The van der Waals surface area contributed by atoms with E-state index in [0.29, 0.717) is 24.7 Å². The second-order valence-electron chi connectivity index (χ2n) is 4.01. The Labute approximate surface area is 102 Å². The Balaban J connectivity index is 1.94. The van der Waals surface area contributed by atoms with E-state index in [4.69, 9.17) is 4.74 Å². The standard InChI is InChI=1S/C12H16NO3S/c14-17(15,12-4-2-1-3-5-12)11-8-13-6-9-16-10-7-13/h2-5H,6-11H2. The molecule has 0 spiro atoms. The number of morpholine rings is 1. The first kappa shape index (κ1) is 12.5. The van der Waals surface area contributed by atoms with E-state index >= 15 is 0 Å². The van der Waals surface area contributed by atoms with Crippen molar-refractivity contribution in [2.75, 3.05) is 38.6 Å². The van der Waals surface area contributed by atoms with Crippen LogP contribution in [0.25, 0.3) is 0 Å². The predicted octanol–water partition coefficient (Wildman–Crippen LogP) is 0.593. The fourth-order valence-electron chi connectivity index (χ4n) is 1.77. The highest BCUT2D eigenvalue weighted by molar-refractivity contribution is 7.91. The maximum atomic E-state index is 12.0. The molecule has 1 radical (unpaired) electrons. The van der Waals surface area contributed by atoms with Crippen molar-refractivity contribution in [2.45, 2.75) is 4.90 Å². The first-order valence-corrected chi connectivity index (χ1v) is 7.33. The number of rotatable bonds is 4. The molecular weight excluding hydrogens is 238 g/mol. The summed E-state index contributed by atoms with van der Waals surface area (Å²) in [5.41, 5.74) is 0. The monoisotopic (exact) mass is 254 g/mol. The van der Waals surface area contributed by atoms with Crippen LogP contribution in [0.15, 0.2) is 29.2 Å². The van der Waals surface area contributed by atoms with Gasteiger partial charge in [0.2, 0.25) is 0 Å². The third kappa shape index (κ3) is 3.52. The van der Waals surface area contributed by atoms with Crippen LogP contribution in [0, 0.1) is 6.07 Å². The maximum absolute atomic E-state index is 12.0. The van der Waals surface area contributed by atoms with Gasteiger partial charge in [-0.2, -0.15) is 0 Å². The van der Waals surface area contributed by atoms with Crippen LogP contribution in [0.2, 0.25) is 0 Å². The van der Waals surface area contributed by atoms with Crippen molar-refractivity contribution in [1.29, 1.82) is 0 Å². The fraction of sp³-hybridized carbons (Fsp3) is 0.500. The highest BCUT2D eigenvalue weighted by Crippen LogP contribution is 2.10. The van der Waals surface area contributed by atoms with Gasteiger partial charge in [-0.3, -0.25) is 4.90 Å². The van der Waals surface area contributed by atoms with E-state index in [1.54, 1.807) is 24.3 Å². The van der Waals surface area contributed by atoms with Gasteiger partial charge in [-0.1, -0.05) is 12.1 Å². The van der Waals surface area contributed by atoms with Gasteiger partial charge in [0.25, 0.3) is 0 Å². The molecular formula is C12H16NO3S. The number of hydrogen-bond donors (Lipinski definition) is 0. The van der Waals surface area contributed by atoms with Crippen LogP contribution in [0.1, 0.15) is 0 Å². The van der Waals surface area contributed by atoms with Crippen LogP contribution in [0.3, 0.4) is 0 Å². The van der Waals surface area contributed by atoms with Crippen LogP contribution in [0.4, 0.5) is 0 Å². The summed E-state index contributed by atoms with van der Waals surface area (Å²) in [6.45, 7) is 3.60. The largest absolute Gasteiger partial charge is 0.379 e. The summed E-state index contributed by atoms with van der Waals surface area (Å²) in [5, 5.41) is 0. The van der Waals surface area contributed by atoms with E-state index in [0.717, 1.165) is 13.1 Å². The molecule has 0 N–H and O–H groups in total. The third-order valence-electron chi connectivity index (χ3n) is 2.83. The van der Waals surface area contributed by atoms with E-state index in [-0.39, 0.29) is 5.75 Å². The van der Waals surface area contributed by atoms with E-state index in [2.05, 4.69) is 11.0 Å². The fourth-order valence-corrected chi connectivity index (χ4v) is 3.06. The average molecular weight is 254 g/mol. The molecule has 0 aliphatic carbocycles. The van der Waals surface area contributed by atoms with E-state index < -0.39 is 9.84 Å². The molecule has 0 aromatic heterocycles. The molecule has 17 heavy (non-hydrogen) atoms. The number of nitrogens with zero attached hydrogens (tertiary/aromatic N) is 1. The molecule has 0 bridgehead atoms. The molecule has 0 amide bonds. The number of ether oxygens (including phenoxy) is 1. The average Bonchev–Trinajstić information content (AvgIpc) is 2.39. The van der Waals surface area contributed by atoms with Gasteiger partial charge in [-0.25, -0.2) is 8.42 Å². The predicted molar refractivity (Wildman–Crippen MR) is 64.6 cm³/mol. The lowest BCUT2D eigenvalue weighted by Crippen LogP contribution is -2.39. The third-order valence-corrected chi connectivity index (χ3v) is 4.54. The smallest absolute Gasteiger partial charge is 0.179 e. The normalized spacial score (nSPS) is 18.1. The minimum Gasteiger partial charge on any atom is -0.379 e. The maximum Gasteiger partial charge on any atom is 0.179 e. The molecule has 2 rings (SSSR count). The van der Waals surface area contributed by atoms with Gasteiger partial charge in [0, 0.05) is 19.6 Å². The van der Waals surface area contributed by atoms with Crippen LogP contribution in [0.5, 0.6) is 0 Å². The van der Waals surface area contributed by atoms with Gasteiger partial charge in [0.1, 0.15) is 0 Å². The summed E-state index contributed by atoms with van der Waals surface area (Å²) >= 11 is 0. The Morgan fingerprint density at radius 3 is 2.53 bits per heavy atom. The minimum absolute atomic E-state index is 0.164. The Morgan fingerprint density at radius 2 is 1.88 bits per heavy atom. The zero-order valence-corrected chi connectivity index (χ0v) is 10.4. The molecule has 1 aromatic carbocycles. The summed E-state index contributed by atoms with van der Waals surface area (Å²) in [6.07, 6.45) is 0.